The summed E-state index contributed by atoms with van der Waals surface area (Å²) in [6, 6.07) is 5.60. The van der Waals surface area contributed by atoms with E-state index in [1.807, 2.05) is 26.0 Å². The highest BCUT2D eigenvalue weighted by Gasteiger charge is 2.15. The highest BCUT2D eigenvalue weighted by atomic mass is 16.4. The first-order valence-electron chi connectivity index (χ1n) is 6.09. The molecule has 1 atom stereocenters. The van der Waals surface area contributed by atoms with E-state index in [1.165, 1.54) is 0 Å². The number of hydrogen-bond acceptors (Lipinski definition) is 4. The van der Waals surface area contributed by atoms with Gasteiger partial charge >= 0.3 is 5.97 Å². The summed E-state index contributed by atoms with van der Waals surface area (Å²) in [5.41, 5.74) is 0.630. The molecule has 2 aromatic heterocycles. The zero-order valence-electron chi connectivity index (χ0n) is 11.2. The molecule has 1 unspecified atom stereocenters. The standard InChI is InChI=1S/C14H17NO4/c1-8-6-11(19-13(8)14(16)17)7-15-10(3)12-5-4-9(2)18-12/h4-6,10,15H,7H2,1-3H3,(H,16,17). The molecule has 19 heavy (non-hydrogen) atoms. The summed E-state index contributed by atoms with van der Waals surface area (Å²) in [6.45, 7) is 6.04. The van der Waals surface area contributed by atoms with Crippen molar-refractivity contribution in [3.63, 3.8) is 0 Å². The molecular formula is C14H17NO4. The summed E-state index contributed by atoms with van der Waals surface area (Å²) < 4.78 is 10.8. The second-order valence-electron chi connectivity index (χ2n) is 4.58. The van der Waals surface area contributed by atoms with Crippen LogP contribution in [0.3, 0.4) is 0 Å². The van der Waals surface area contributed by atoms with Crippen LogP contribution in [0.25, 0.3) is 0 Å². The summed E-state index contributed by atoms with van der Waals surface area (Å²) in [7, 11) is 0. The van der Waals surface area contributed by atoms with Gasteiger partial charge < -0.3 is 19.3 Å². The molecule has 0 aliphatic carbocycles. The van der Waals surface area contributed by atoms with E-state index in [1.54, 1.807) is 13.0 Å². The first-order chi connectivity index (χ1) is 8.97. The third-order valence-electron chi connectivity index (χ3n) is 2.93. The molecule has 0 aliphatic rings. The lowest BCUT2D eigenvalue weighted by Gasteiger charge is -2.09. The number of aromatic carboxylic acids is 1. The van der Waals surface area contributed by atoms with Gasteiger partial charge in [0, 0.05) is 5.56 Å². The van der Waals surface area contributed by atoms with Crippen LogP contribution in [0.2, 0.25) is 0 Å². The van der Waals surface area contributed by atoms with Crippen LogP contribution in [-0.4, -0.2) is 11.1 Å². The Balaban J connectivity index is 1.99. The summed E-state index contributed by atoms with van der Waals surface area (Å²) in [5.74, 6) is 1.27. The van der Waals surface area contributed by atoms with Crippen LogP contribution in [0, 0.1) is 13.8 Å². The predicted octanol–water partition coefficient (Wildman–Crippen LogP) is 3.04. The number of furan rings is 2. The van der Waals surface area contributed by atoms with Crippen molar-refractivity contribution in [3.8, 4) is 0 Å². The average molecular weight is 263 g/mol. The second-order valence-corrected chi connectivity index (χ2v) is 4.58. The van der Waals surface area contributed by atoms with Crippen molar-refractivity contribution < 1.29 is 18.7 Å². The molecule has 2 N–H and O–H groups in total. The van der Waals surface area contributed by atoms with E-state index in [0.29, 0.717) is 17.9 Å². The monoisotopic (exact) mass is 263 g/mol. The number of carboxylic acid groups (broad SMARTS) is 1. The third-order valence-corrected chi connectivity index (χ3v) is 2.93. The lowest BCUT2D eigenvalue weighted by Crippen LogP contribution is -2.17. The highest BCUT2D eigenvalue weighted by Crippen LogP contribution is 2.18. The Morgan fingerprint density at radius 1 is 1.37 bits per heavy atom. The van der Waals surface area contributed by atoms with Gasteiger partial charge in [0.25, 0.3) is 0 Å². The minimum atomic E-state index is -1.04. The average Bonchev–Trinajstić information content (AvgIpc) is 2.92. The maximum atomic E-state index is 10.9. The SMILES string of the molecule is Cc1ccc(C(C)NCc2cc(C)c(C(=O)O)o2)o1. The Morgan fingerprint density at radius 2 is 2.11 bits per heavy atom. The maximum Gasteiger partial charge on any atom is 0.372 e. The highest BCUT2D eigenvalue weighted by molar-refractivity contribution is 5.86. The Bertz CT molecular complexity index is 582. The van der Waals surface area contributed by atoms with E-state index < -0.39 is 5.97 Å². The molecule has 102 valence electrons. The molecule has 0 amide bonds. The van der Waals surface area contributed by atoms with Crippen LogP contribution >= 0.6 is 0 Å². The van der Waals surface area contributed by atoms with Gasteiger partial charge in [-0.15, -0.1) is 0 Å². The van der Waals surface area contributed by atoms with E-state index in [2.05, 4.69) is 5.32 Å². The van der Waals surface area contributed by atoms with Crippen LogP contribution in [0.5, 0.6) is 0 Å². The fraction of sp³-hybridized carbons (Fsp3) is 0.357. The molecule has 2 rings (SSSR count). The number of hydrogen-bond donors (Lipinski definition) is 2. The first-order valence-corrected chi connectivity index (χ1v) is 6.09. The molecule has 5 nitrogen and oxygen atoms in total. The van der Waals surface area contributed by atoms with Crippen LogP contribution in [0.1, 0.15) is 46.4 Å². The van der Waals surface area contributed by atoms with Gasteiger partial charge in [-0.1, -0.05) is 0 Å². The molecule has 0 aliphatic heterocycles. The molecule has 0 radical (unpaired) electrons. The van der Waals surface area contributed by atoms with Gasteiger partial charge in [-0.2, -0.15) is 0 Å². The molecular weight excluding hydrogens is 246 g/mol. The number of rotatable bonds is 5. The van der Waals surface area contributed by atoms with Gasteiger partial charge in [0.15, 0.2) is 0 Å². The minimum absolute atomic E-state index is 0.00158. The largest absolute Gasteiger partial charge is 0.475 e. The van der Waals surface area contributed by atoms with E-state index in [9.17, 15) is 4.79 Å². The van der Waals surface area contributed by atoms with Gasteiger partial charge in [-0.05, 0) is 39.0 Å². The third kappa shape index (κ3) is 3.06. The van der Waals surface area contributed by atoms with Gasteiger partial charge in [-0.25, -0.2) is 4.79 Å². The van der Waals surface area contributed by atoms with Crippen molar-refractivity contribution in [2.75, 3.05) is 0 Å². The summed E-state index contributed by atoms with van der Waals surface area (Å²) in [5, 5.41) is 12.1. The van der Waals surface area contributed by atoms with Crippen LogP contribution < -0.4 is 5.32 Å². The van der Waals surface area contributed by atoms with E-state index >= 15 is 0 Å². The molecule has 0 saturated carbocycles. The first kappa shape index (κ1) is 13.4. The van der Waals surface area contributed by atoms with Crippen molar-refractivity contribution in [1.29, 1.82) is 0 Å². The molecule has 0 bridgehead atoms. The number of aryl methyl sites for hydroxylation is 2. The fourth-order valence-electron chi connectivity index (χ4n) is 1.89. The Kier molecular flexibility index (Phi) is 3.76. The lowest BCUT2D eigenvalue weighted by molar-refractivity contribution is 0.0659. The Labute approximate surface area is 111 Å². The summed E-state index contributed by atoms with van der Waals surface area (Å²) in [4.78, 5) is 10.9. The summed E-state index contributed by atoms with van der Waals surface area (Å²) >= 11 is 0. The van der Waals surface area contributed by atoms with Gasteiger partial charge in [0.1, 0.15) is 17.3 Å². The van der Waals surface area contributed by atoms with E-state index in [0.717, 1.165) is 11.5 Å². The lowest BCUT2D eigenvalue weighted by atomic mass is 10.2. The molecule has 2 aromatic rings. The Hall–Kier alpha value is -2.01. The number of carboxylic acids is 1. The second kappa shape index (κ2) is 5.32. The van der Waals surface area contributed by atoms with Crippen molar-refractivity contribution in [3.05, 3.63) is 46.8 Å². The fourth-order valence-corrected chi connectivity index (χ4v) is 1.89. The molecule has 0 spiro atoms. The zero-order valence-corrected chi connectivity index (χ0v) is 11.2. The number of nitrogens with one attached hydrogen (secondary N) is 1. The minimum Gasteiger partial charge on any atom is -0.475 e. The van der Waals surface area contributed by atoms with E-state index in [-0.39, 0.29) is 11.8 Å². The summed E-state index contributed by atoms with van der Waals surface area (Å²) in [6.07, 6.45) is 0. The van der Waals surface area contributed by atoms with Crippen LogP contribution in [0.15, 0.2) is 27.0 Å². The maximum absolute atomic E-state index is 10.9. The molecule has 0 saturated heterocycles. The predicted molar refractivity (Wildman–Crippen MR) is 69.1 cm³/mol. The van der Waals surface area contributed by atoms with Crippen LogP contribution in [0.4, 0.5) is 0 Å². The van der Waals surface area contributed by atoms with Crippen molar-refractivity contribution in [2.45, 2.75) is 33.4 Å². The van der Waals surface area contributed by atoms with Gasteiger partial charge in [0.2, 0.25) is 5.76 Å². The van der Waals surface area contributed by atoms with Crippen molar-refractivity contribution in [2.24, 2.45) is 0 Å². The zero-order chi connectivity index (χ0) is 14.0. The quantitative estimate of drug-likeness (QED) is 0.867. The molecule has 0 aromatic carbocycles. The normalized spacial score (nSPS) is 12.6. The van der Waals surface area contributed by atoms with E-state index in [4.69, 9.17) is 13.9 Å². The topological polar surface area (TPSA) is 75.6 Å². The molecule has 0 fully saturated rings. The smallest absolute Gasteiger partial charge is 0.372 e. The van der Waals surface area contributed by atoms with Crippen molar-refractivity contribution >= 4 is 5.97 Å². The van der Waals surface area contributed by atoms with Gasteiger partial charge in [0.05, 0.1) is 12.6 Å². The van der Waals surface area contributed by atoms with Crippen molar-refractivity contribution in [1.82, 2.24) is 5.32 Å². The number of carbonyl (C=O) groups is 1. The molecule has 5 heteroatoms. The van der Waals surface area contributed by atoms with Gasteiger partial charge in [-0.3, -0.25) is 0 Å². The molecule has 2 heterocycles. The van der Waals surface area contributed by atoms with Crippen LogP contribution in [-0.2, 0) is 6.54 Å². The Morgan fingerprint density at radius 3 is 2.63 bits per heavy atom.